The lowest BCUT2D eigenvalue weighted by molar-refractivity contribution is -0.114. The number of amides is 1. The Morgan fingerprint density at radius 2 is 1.95 bits per heavy atom. The van der Waals surface area contributed by atoms with Gasteiger partial charge in [0.15, 0.2) is 0 Å². The second kappa shape index (κ2) is 7.76. The van der Waals surface area contributed by atoms with Crippen molar-refractivity contribution in [3.63, 3.8) is 0 Å². The van der Waals surface area contributed by atoms with Crippen LogP contribution in [0.2, 0.25) is 0 Å². The summed E-state index contributed by atoms with van der Waals surface area (Å²) < 4.78 is 5.46. The molecule has 3 N–H and O–H groups in total. The number of anilines is 1. The molecule has 1 aromatic rings. The Labute approximate surface area is 114 Å². The molecule has 0 spiro atoms. The summed E-state index contributed by atoms with van der Waals surface area (Å²) in [5.41, 5.74) is 0.724. The smallest absolute Gasteiger partial charge is 0.221 e. The summed E-state index contributed by atoms with van der Waals surface area (Å²) in [6.45, 7) is 6.24. The normalized spacial score (nSPS) is 12.3. The zero-order chi connectivity index (χ0) is 14.3. The van der Waals surface area contributed by atoms with E-state index < -0.39 is 6.10 Å². The zero-order valence-corrected chi connectivity index (χ0v) is 11.6. The molecule has 0 aliphatic carbocycles. The fourth-order valence-electron chi connectivity index (χ4n) is 1.46. The molecule has 0 aromatic heterocycles. The van der Waals surface area contributed by atoms with E-state index in [0.717, 1.165) is 5.69 Å². The molecule has 1 aromatic carbocycles. The van der Waals surface area contributed by atoms with Crippen LogP contribution in [-0.4, -0.2) is 36.3 Å². The van der Waals surface area contributed by atoms with Crippen LogP contribution >= 0.6 is 0 Å². The highest BCUT2D eigenvalue weighted by Gasteiger charge is 2.06. The number of ether oxygens (including phenoxy) is 1. The first-order valence-electron chi connectivity index (χ1n) is 6.39. The molecule has 1 unspecified atom stereocenters. The number of nitrogens with one attached hydrogen (secondary N) is 2. The lowest BCUT2D eigenvalue weighted by atomic mass is 9.82. The number of aliphatic hydroxyl groups is 1. The fraction of sp³-hybridized carbons (Fsp3) is 0.500. The van der Waals surface area contributed by atoms with Crippen LogP contribution in [0.4, 0.5) is 5.69 Å². The summed E-state index contributed by atoms with van der Waals surface area (Å²) >= 11 is 0. The first kappa shape index (κ1) is 15.5. The molecule has 0 saturated heterocycles. The molecular formula is C14H22N2O3. The Kier molecular flexibility index (Phi) is 6.32. The van der Waals surface area contributed by atoms with Crippen molar-refractivity contribution < 1.29 is 14.6 Å². The van der Waals surface area contributed by atoms with E-state index in [9.17, 15) is 9.90 Å². The molecule has 106 valence electrons. The van der Waals surface area contributed by atoms with Gasteiger partial charge in [-0.2, -0.15) is 0 Å². The van der Waals surface area contributed by atoms with Crippen molar-refractivity contribution >= 4 is 11.6 Å². The van der Waals surface area contributed by atoms with E-state index >= 15 is 0 Å². The van der Waals surface area contributed by atoms with E-state index in [2.05, 4.69) is 10.6 Å². The predicted octanol–water partition coefficient (Wildman–Crippen LogP) is 1.38. The Morgan fingerprint density at radius 1 is 1.32 bits per heavy atom. The minimum absolute atomic E-state index is 0.108. The van der Waals surface area contributed by atoms with Crippen LogP contribution in [0.1, 0.15) is 20.8 Å². The van der Waals surface area contributed by atoms with Gasteiger partial charge in [-0.25, -0.2) is 0 Å². The summed E-state index contributed by atoms with van der Waals surface area (Å²) in [6, 6.07) is 7.37. The number of rotatable bonds is 7. The fourth-order valence-corrected chi connectivity index (χ4v) is 1.46. The largest absolute Gasteiger partial charge is 0.491 e. The van der Waals surface area contributed by atoms with E-state index in [-0.39, 0.29) is 12.5 Å². The number of hydrogen-bond acceptors (Lipinski definition) is 4. The molecule has 0 heterocycles. The molecule has 5 heteroatoms. The van der Waals surface area contributed by atoms with Gasteiger partial charge in [-0.3, -0.25) is 4.79 Å². The molecule has 0 aliphatic rings. The Balaban J connectivity index is 2.35. The maximum atomic E-state index is 10.9. The van der Waals surface area contributed by atoms with Gasteiger partial charge in [-0.05, 0) is 24.3 Å². The van der Waals surface area contributed by atoms with Crippen LogP contribution in [0.3, 0.4) is 0 Å². The van der Waals surface area contributed by atoms with Crippen molar-refractivity contribution in [2.45, 2.75) is 32.9 Å². The number of hydrogen-bond donors (Lipinski definition) is 3. The van der Waals surface area contributed by atoms with Crippen molar-refractivity contribution in [2.24, 2.45) is 0 Å². The third-order valence-corrected chi connectivity index (χ3v) is 2.38. The average molecular weight is 265 g/mol. The van der Waals surface area contributed by atoms with Crippen molar-refractivity contribution in [1.29, 1.82) is 0 Å². The number of carbonyl (C=O) groups is 1. The highest BCUT2D eigenvalue weighted by molar-refractivity contribution is 5.88. The van der Waals surface area contributed by atoms with Crippen LogP contribution in [0.15, 0.2) is 24.3 Å². The molecule has 19 heavy (non-hydrogen) atoms. The average Bonchev–Trinajstić information content (AvgIpc) is 2.35. The van der Waals surface area contributed by atoms with Crippen LogP contribution in [-0.2, 0) is 4.79 Å². The third-order valence-electron chi connectivity index (χ3n) is 2.38. The maximum absolute atomic E-state index is 10.9. The molecule has 1 atom stereocenters. The van der Waals surface area contributed by atoms with Gasteiger partial charge >= 0.3 is 0 Å². The summed E-state index contributed by atoms with van der Waals surface area (Å²) in [4.78, 5) is 10.9. The van der Waals surface area contributed by atoms with Gasteiger partial charge in [-0.1, -0.05) is 13.8 Å². The first-order chi connectivity index (χ1) is 8.97. The van der Waals surface area contributed by atoms with Crippen molar-refractivity contribution in [1.82, 2.24) is 5.32 Å². The number of carbonyl (C=O) groups excluding carboxylic acids is 1. The summed E-state index contributed by atoms with van der Waals surface area (Å²) in [6.07, 6.45) is -0.544. The number of benzene rings is 1. The van der Waals surface area contributed by atoms with E-state index in [1.165, 1.54) is 6.92 Å². The van der Waals surface area contributed by atoms with Crippen LogP contribution in [0.5, 0.6) is 5.75 Å². The van der Waals surface area contributed by atoms with Gasteiger partial charge in [0, 0.05) is 25.2 Å². The first-order valence-corrected chi connectivity index (χ1v) is 6.39. The monoisotopic (exact) mass is 265 g/mol. The minimum atomic E-state index is -0.544. The molecule has 1 rings (SSSR count). The van der Waals surface area contributed by atoms with E-state index in [1.54, 1.807) is 24.3 Å². The lowest BCUT2D eigenvalue weighted by Crippen LogP contribution is -2.35. The van der Waals surface area contributed by atoms with Crippen LogP contribution in [0.25, 0.3) is 0 Å². The number of aliphatic hydroxyl groups excluding tert-OH is 1. The molecule has 0 fully saturated rings. The van der Waals surface area contributed by atoms with Crippen molar-refractivity contribution in [3.8, 4) is 5.75 Å². The highest BCUT2D eigenvalue weighted by atomic mass is 16.5. The van der Waals surface area contributed by atoms with Crippen LogP contribution in [0, 0.1) is 0 Å². The van der Waals surface area contributed by atoms with Gasteiger partial charge < -0.3 is 20.5 Å². The minimum Gasteiger partial charge on any atom is -0.491 e. The van der Waals surface area contributed by atoms with Gasteiger partial charge in [0.1, 0.15) is 18.5 Å². The summed E-state index contributed by atoms with van der Waals surface area (Å²) in [5, 5.41) is 15.5. The quantitative estimate of drug-likeness (QED) is 0.696. The third kappa shape index (κ3) is 6.79. The van der Waals surface area contributed by atoms with Crippen molar-refractivity contribution in [3.05, 3.63) is 24.3 Å². The standard InChI is InChI=1S/C14H22N2O3/c1-10(2)15-8-13(18)9-19-14-6-4-12(5-7-14)16-11(3)17/h4-7,10,13,15,18H,8-9H2,1-3H3,(H,16,17)/i10-1. The highest BCUT2D eigenvalue weighted by Crippen LogP contribution is 2.15. The maximum Gasteiger partial charge on any atom is 0.221 e. The van der Waals surface area contributed by atoms with E-state index in [0.29, 0.717) is 18.3 Å². The molecule has 0 radical (unpaired) electrons. The second-order valence-corrected chi connectivity index (χ2v) is 4.73. The molecular weight excluding hydrogens is 243 g/mol. The van der Waals surface area contributed by atoms with Gasteiger partial charge in [0.2, 0.25) is 5.91 Å². The Morgan fingerprint density at radius 3 is 2.47 bits per heavy atom. The van der Waals surface area contributed by atoms with Crippen LogP contribution < -0.4 is 15.4 Å². The summed E-state index contributed by atoms with van der Waals surface area (Å²) in [7, 11) is 0. The van der Waals surface area contributed by atoms with E-state index in [1.807, 2.05) is 13.8 Å². The van der Waals surface area contributed by atoms with E-state index in [4.69, 9.17) is 4.74 Å². The van der Waals surface area contributed by atoms with Gasteiger partial charge in [0.25, 0.3) is 0 Å². The van der Waals surface area contributed by atoms with Gasteiger partial charge in [0.05, 0.1) is 0 Å². The molecule has 1 amide bonds. The lowest BCUT2D eigenvalue weighted by Gasteiger charge is -2.15. The molecule has 0 aliphatic heterocycles. The molecule has 0 saturated carbocycles. The molecule has 0 bridgehead atoms. The molecule has 5 nitrogen and oxygen atoms in total. The topological polar surface area (TPSA) is 70.6 Å². The predicted molar refractivity (Wildman–Crippen MR) is 75.4 cm³/mol. The van der Waals surface area contributed by atoms with Gasteiger partial charge in [-0.15, -0.1) is 0 Å². The SMILES string of the molecule is CC(=O)Nc1ccc(OCC(O)CN[11CH](C)C)cc1. The summed E-state index contributed by atoms with van der Waals surface area (Å²) in [5.74, 6) is 0.557. The second-order valence-electron chi connectivity index (χ2n) is 4.73. The Hall–Kier alpha value is -1.59. The Bertz CT molecular complexity index is 390. The zero-order valence-electron chi connectivity index (χ0n) is 11.6. The van der Waals surface area contributed by atoms with Crippen molar-refractivity contribution in [2.75, 3.05) is 18.5 Å².